The molecule has 1 heterocycles. The average molecular weight is 723 g/mol. The summed E-state index contributed by atoms with van der Waals surface area (Å²) < 4.78 is 0. The zero-order valence-electron chi connectivity index (χ0n) is 21.4. The minimum absolute atomic E-state index is 0.0442. The van der Waals surface area contributed by atoms with Crippen molar-refractivity contribution in [3.8, 4) is 0 Å². The molecular formula is C28H35FeI2N3. The predicted octanol–water partition coefficient (Wildman–Crippen LogP) is 9.66. The third-order valence-corrected chi connectivity index (χ3v) is 5.53. The molecule has 0 unspecified atom stereocenters. The first kappa shape index (κ1) is 29.4. The molecular weight excluding hydrogens is 688 g/mol. The van der Waals surface area contributed by atoms with Crippen molar-refractivity contribution in [3.05, 3.63) is 71.4 Å². The van der Waals surface area contributed by atoms with Crippen LogP contribution >= 0.6 is 40.7 Å². The third-order valence-electron chi connectivity index (χ3n) is 5.53. The second-order valence-corrected chi connectivity index (χ2v) is 19.7. The first-order chi connectivity index (χ1) is 15.9. The number of aliphatic imine (C=N–C) groups is 3. The topological polar surface area (TPSA) is 37.1 Å². The van der Waals surface area contributed by atoms with E-state index in [-0.39, 0.29) is 10.8 Å². The van der Waals surface area contributed by atoms with Crippen molar-refractivity contribution in [3.63, 3.8) is 0 Å². The first-order valence-electron chi connectivity index (χ1n) is 11.3. The molecule has 1 aliphatic heterocycles. The third kappa shape index (κ3) is 8.38. The van der Waals surface area contributed by atoms with Crippen LogP contribution in [0.25, 0.3) is 0 Å². The Morgan fingerprint density at radius 1 is 0.765 bits per heavy atom. The Labute approximate surface area is 234 Å². The van der Waals surface area contributed by atoms with Crippen LogP contribution in [-0.2, 0) is 19.3 Å². The molecule has 0 aliphatic carbocycles. The molecule has 0 N–H and O–H groups in total. The van der Waals surface area contributed by atoms with Gasteiger partial charge in [0.15, 0.2) is 0 Å². The van der Waals surface area contributed by atoms with E-state index in [1.54, 1.807) is 0 Å². The summed E-state index contributed by atoms with van der Waals surface area (Å²) in [5.41, 5.74) is 8.48. The molecule has 0 fully saturated rings. The summed E-state index contributed by atoms with van der Waals surface area (Å²) in [5.74, 6) is 0. The van der Waals surface area contributed by atoms with E-state index in [4.69, 9.17) is 15.0 Å². The van der Waals surface area contributed by atoms with Gasteiger partial charge in [-0.05, 0) is 47.9 Å². The molecule has 2 aromatic carbocycles. The molecule has 1 aliphatic rings. The monoisotopic (exact) mass is 723 g/mol. The summed E-state index contributed by atoms with van der Waals surface area (Å²) in [6.07, 6.45) is 2.94. The quantitative estimate of drug-likeness (QED) is 0.171. The Hall–Kier alpha value is -0.831. The van der Waals surface area contributed by atoms with Crippen molar-refractivity contribution in [2.45, 2.75) is 72.6 Å². The van der Waals surface area contributed by atoms with Crippen LogP contribution in [0, 0.1) is 0 Å². The standard InChI is InChI=1S/C28H35N3.Fe.2HI/c1-19(29-25-15-11-9-13-21(25)27(3,4)5)23-17-18-24(31-23)20(2)30-26-16-12-10-14-22(26)28(6,7)8;;;/h9-17H,18H2,1-8H3;;2*1H/q;+2;;/p-2. The van der Waals surface area contributed by atoms with Crippen molar-refractivity contribution in [1.82, 2.24) is 0 Å². The van der Waals surface area contributed by atoms with Gasteiger partial charge in [-0.1, -0.05) is 84.0 Å². The van der Waals surface area contributed by atoms with E-state index in [1.807, 2.05) is 19.1 Å². The molecule has 3 nitrogen and oxygen atoms in total. The van der Waals surface area contributed by atoms with Gasteiger partial charge in [-0.2, -0.15) is 0 Å². The molecule has 0 aromatic heterocycles. The average Bonchev–Trinajstić information content (AvgIpc) is 3.24. The number of hydrogen-bond acceptors (Lipinski definition) is 3. The van der Waals surface area contributed by atoms with Crippen LogP contribution in [0.2, 0.25) is 0 Å². The molecule has 0 radical (unpaired) electrons. The number of benzene rings is 2. The molecule has 3 rings (SSSR count). The summed E-state index contributed by atoms with van der Waals surface area (Å²) in [7, 11) is 1.19. The maximum atomic E-state index is 4.94. The molecule has 34 heavy (non-hydrogen) atoms. The summed E-state index contributed by atoms with van der Waals surface area (Å²) in [6.45, 7) is 17.4. The second-order valence-electron chi connectivity index (χ2n) is 10.3. The van der Waals surface area contributed by atoms with Gasteiger partial charge in [-0.3, -0.25) is 9.98 Å². The number of para-hydroxylation sites is 2. The fraction of sp³-hybridized carbons (Fsp3) is 0.393. The number of hydrogen-bond donors (Lipinski definition) is 0. The molecule has 0 saturated carbocycles. The van der Waals surface area contributed by atoms with E-state index < -0.39 is 0 Å². The molecule has 0 amide bonds. The van der Waals surface area contributed by atoms with Crippen molar-refractivity contribution in [1.29, 1.82) is 0 Å². The van der Waals surface area contributed by atoms with Gasteiger partial charge in [0, 0.05) is 6.42 Å². The second kappa shape index (κ2) is 12.9. The summed E-state index contributed by atoms with van der Waals surface area (Å²) in [4.78, 5) is 14.8. The predicted molar refractivity (Wildman–Crippen MR) is 164 cm³/mol. The normalized spacial score (nSPS) is 15.0. The zero-order valence-corrected chi connectivity index (χ0v) is 26.8. The van der Waals surface area contributed by atoms with Crippen LogP contribution in [0.5, 0.6) is 0 Å². The Morgan fingerprint density at radius 3 is 1.62 bits per heavy atom. The Balaban J connectivity index is 0.00000129. The van der Waals surface area contributed by atoms with Gasteiger partial charge in [0.2, 0.25) is 0 Å². The number of nitrogens with zero attached hydrogens (tertiary/aromatic N) is 3. The Morgan fingerprint density at radius 2 is 1.18 bits per heavy atom. The molecule has 184 valence electrons. The molecule has 0 atom stereocenters. The molecule has 0 saturated heterocycles. The van der Waals surface area contributed by atoms with Crippen LogP contribution in [0.15, 0.2) is 75.3 Å². The van der Waals surface area contributed by atoms with Gasteiger partial charge in [0.25, 0.3) is 0 Å². The van der Waals surface area contributed by atoms with E-state index >= 15 is 0 Å². The van der Waals surface area contributed by atoms with E-state index in [9.17, 15) is 0 Å². The summed E-state index contributed by atoms with van der Waals surface area (Å²) in [5, 5.41) is 0. The van der Waals surface area contributed by atoms with E-state index in [0.29, 0.717) is 0 Å². The van der Waals surface area contributed by atoms with E-state index in [0.717, 1.165) is 40.6 Å². The van der Waals surface area contributed by atoms with Gasteiger partial charge < -0.3 is 0 Å². The SMILES string of the molecule is CC(=Nc1ccccc1C(C)(C)C)C1=CCC(C(C)=Nc2ccccc2C(C)(C)C)=N1.[I][Fe][I]. The number of halogens is 2. The fourth-order valence-electron chi connectivity index (χ4n) is 3.78. The van der Waals surface area contributed by atoms with Crippen LogP contribution < -0.4 is 0 Å². The maximum absolute atomic E-state index is 4.94. The van der Waals surface area contributed by atoms with Gasteiger partial charge >= 0.3 is 49.1 Å². The first-order valence-corrected chi connectivity index (χ1v) is 18.4. The number of rotatable bonds is 4. The summed E-state index contributed by atoms with van der Waals surface area (Å²) in [6, 6.07) is 16.7. The molecule has 0 bridgehead atoms. The molecule has 6 heteroatoms. The molecule has 0 spiro atoms. The fourth-order valence-corrected chi connectivity index (χ4v) is 3.78. The Kier molecular flexibility index (Phi) is 11.2. The van der Waals surface area contributed by atoms with E-state index in [2.05, 4.69) is 132 Å². The van der Waals surface area contributed by atoms with Crippen molar-refractivity contribution < 1.29 is 8.46 Å². The zero-order chi connectivity index (χ0) is 25.5. The minimum atomic E-state index is 0.0442. The van der Waals surface area contributed by atoms with Crippen molar-refractivity contribution in [2.75, 3.05) is 0 Å². The van der Waals surface area contributed by atoms with Gasteiger partial charge in [0.05, 0.1) is 34.2 Å². The van der Waals surface area contributed by atoms with E-state index in [1.165, 1.54) is 19.6 Å². The van der Waals surface area contributed by atoms with Gasteiger partial charge in [0.1, 0.15) is 0 Å². The summed E-state index contributed by atoms with van der Waals surface area (Å²) >= 11 is 4.55. The van der Waals surface area contributed by atoms with Crippen LogP contribution in [0.4, 0.5) is 11.4 Å². The van der Waals surface area contributed by atoms with Crippen LogP contribution in [-0.4, -0.2) is 17.1 Å². The van der Waals surface area contributed by atoms with Gasteiger partial charge in [-0.15, -0.1) is 0 Å². The van der Waals surface area contributed by atoms with Crippen LogP contribution in [0.1, 0.15) is 72.9 Å². The number of allylic oxidation sites excluding steroid dienone is 2. The Bertz CT molecular complexity index is 1120. The van der Waals surface area contributed by atoms with Crippen LogP contribution in [0.3, 0.4) is 0 Å². The van der Waals surface area contributed by atoms with Crippen molar-refractivity contribution in [2.24, 2.45) is 15.0 Å². The van der Waals surface area contributed by atoms with Gasteiger partial charge in [-0.25, -0.2) is 4.99 Å². The molecule has 2 aromatic rings. The van der Waals surface area contributed by atoms with Crippen molar-refractivity contribution >= 4 is 69.2 Å².